The Hall–Kier alpha value is -1.40. The molecule has 0 aliphatic carbocycles. The molecule has 0 bridgehead atoms. The molecule has 0 unspecified atom stereocenters. The van der Waals surface area contributed by atoms with E-state index in [1.807, 2.05) is 17.8 Å². The van der Waals surface area contributed by atoms with Crippen LogP contribution in [0.15, 0.2) is 12.4 Å². The average Bonchev–Trinajstić information content (AvgIpc) is 2.77. The molecule has 0 fully saturated rings. The van der Waals surface area contributed by atoms with Crippen molar-refractivity contribution in [2.24, 2.45) is 7.05 Å². The topological polar surface area (TPSA) is 56.6 Å². The smallest absolute Gasteiger partial charge is 0.306 e. The zero-order chi connectivity index (χ0) is 13.4. The third-order valence-corrected chi connectivity index (χ3v) is 2.76. The standard InChI is InChI=1S/C12H21N3O3/c1-14-7-5-13-11(14)10-15(8-9-17-2)6-4-12(16)18-3/h5,7H,4,6,8-10H2,1-3H3. The Morgan fingerprint density at radius 1 is 1.44 bits per heavy atom. The molecule has 0 aromatic carbocycles. The minimum absolute atomic E-state index is 0.197. The maximum absolute atomic E-state index is 11.2. The summed E-state index contributed by atoms with van der Waals surface area (Å²) in [4.78, 5) is 17.6. The molecular weight excluding hydrogens is 234 g/mol. The number of nitrogens with zero attached hydrogens (tertiary/aromatic N) is 3. The number of hydrogen-bond acceptors (Lipinski definition) is 5. The Morgan fingerprint density at radius 3 is 2.78 bits per heavy atom. The van der Waals surface area contributed by atoms with Crippen molar-refractivity contribution in [3.8, 4) is 0 Å². The van der Waals surface area contributed by atoms with Crippen molar-refractivity contribution in [1.29, 1.82) is 0 Å². The van der Waals surface area contributed by atoms with Gasteiger partial charge in [-0.25, -0.2) is 4.98 Å². The minimum Gasteiger partial charge on any atom is -0.469 e. The average molecular weight is 255 g/mol. The molecule has 0 saturated carbocycles. The second-order valence-electron chi connectivity index (χ2n) is 4.05. The van der Waals surface area contributed by atoms with Gasteiger partial charge in [-0.3, -0.25) is 9.69 Å². The van der Waals surface area contributed by atoms with Gasteiger partial charge in [0.15, 0.2) is 0 Å². The van der Waals surface area contributed by atoms with Crippen LogP contribution in [0.5, 0.6) is 0 Å². The predicted molar refractivity (Wildman–Crippen MR) is 67.0 cm³/mol. The van der Waals surface area contributed by atoms with E-state index in [4.69, 9.17) is 4.74 Å². The van der Waals surface area contributed by atoms with Gasteiger partial charge in [-0.15, -0.1) is 0 Å². The van der Waals surface area contributed by atoms with Crippen molar-refractivity contribution >= 4 is 5.97 Å². The van der Waals surface area contributed by atoms with Gasteiger partial charge in [0, 0.05) is 39.6 Å². The van der Waals surface area contributed by atoms with Gasteiger partial charge < -0.3 is 14.0 Å². The number of hydrogen-bond donors (Lipinski definition) is 0. The Morgan fingerprint density at radius 2 is 2.22 bits per heavy atom. The number of aryl methyl sites for hydroxylation is 1. The van der Waals surface area contributed by atoms with Crippen molar-refractivity contribution in [3.63, 3.8) is 0 Å². The summed E-state index contributed by atoms with van der Waals surface area (Å²) in [5, 5.41) is 0. The molecule has 0 radical (unpaired) electrons. The van der Waals surface area contributed by atoms with E-state index >= 15 is 0 Å². The Balaban J connectivity index is 2.49. The molecule has 0 spiro atoms. The van der Waals surface area contributed by atoms with Crippen LogP contribution < -0.4 is 0 Å². The lowest BCUT2D eigenvalue weighted by atomic mass is 10.3. The van der Waals surface area contributed by atoms with Crippen LogP contribution in [-0.2, 0) is 27.9 Å². The zero-order valence-electron chi connectivity index (χ0n) is 11.3. The van der Waals surface area contributed by atoms with E-state index in [1.54, 1.807) is 13.3 Å². The number of esters is 1. The van der Waals surface area contributed by atoms with E-state index in [-0.39, 0.29) is 5.97 Å². The maximum atomic E-state index is 11.2. The first-order valence-corrected chi connectivity index (χ1v) is 5.91. The monoisotopic (exact) mass is 255 g/mol. The fourth-order valence-corrected chi connectivity index (χ4v) is 1.59. The van der Waals surface area contributed by atoms with Crippen LogP contribution in [-0.4, -0.2) is 54.3 Å². The molecule has 1 aromatic heterocycles. The summed E-state index contributed by atoms with van der Waals surface area (Å²) < 4.78 is 11.7. The summed E-state index contributed by atoms with van der Waals surface area (Å²) in [6, 6.07) is 0. The highest BCUT2D eigenvalue weighted by atomic mass is 16.5. The van der Waals surface area contributed by atoms with Gasteiger partial charge in [-0.05, 0) is 0 Å². The second-order valence-corrected chi connectivity index (χ2v) is 4.05. The quantitative estimate of drug-likeness (QED) is 0.631. The van der Waals surface area contributed by atoms with Crippen LogP contribution in [0, 0.1) is 0 Å². The third kappa shape index (κ3) is 4.85. The lowest BCUT2D eigenvalue weighted by molar-refractivity contribution is -0.141. The van der Waals surface area contributed by atoms with Gasteiger partial charge in [0.1, 0.15) is 5.82 Å². The fourth-order valence-electron chi connectivity index (χ4n) is 1.59. The molecule has 0 saturated heterocycles. The van der Waals surface area contributed by atoms with Crippen LogP contribution in [0.3, 0.4) is 0 Å². The molecule has 1 heterocycles. The summed E-state index contributed by atoms with van der Waals surface area (Å²) in [5.74, 6) is 0.772. The van der Waals surface area contributed by atoms with Crippen LogP contribution >= 0.6 is 0 Å². The van der Waals surface area contributed by atoms with Crippen LogP contribution in [0.1, 0.15) is 12.2 Å². The van der Waals surface area contributed by atoms with Crippen molar-refractivity contribution in [2.45, 2.75) is 13.0 Å². The Kier molecular flexibility index (Phi) is 6.38. The maximum Gasteiger partial charge on any atom is 0.306 e. The molecule has 1 rings (SSSR count). The van der Waals surface area contributed by atoms with Gasteiger partial charge in [-0.2, -0.15) is 0 Å². The first-order valence-electron chi connectivity index (χ1n) is 5.91. The zero-order valence-corrected chi connectivity index (χ0v) is 11.3. The molecule has 0 aliphatic rings. The molecule has 6 nitrogen and oxygen atoms in total. The first-order chi connectivity index (χ1) is 8.67. The van der Waals surface area contributed by atoms with Crippen molar-refractivity contribution in [3.05, 3.63) is 18.2 Å². The van der Waals surface area contributed by atoms with E-state index < -0.39 is 0 Å². The van der Waals surface area contributed by atoms with Crippen LogP contribution in [0.25, 0.3) is 0 Å². The van der Waals surface area contributed by atoms with Crippen LogP contribution in [0.2, 0.25) is 0 Å². The summed E-state index contributed by atoms with van der Waals surface area (Å²) in [6.45, 7) is 2.73. The highest BCUT2D eigenvalue weighted by Crippen LogP contribution is 2.03. The Bertz CT molecular complexity index is 365. The molecule has 1 aromatic rings. The van der Waals surface area contributed by atoms with Gasteiger partial charge in [0.05, 0.1) is 26.7 Å². The van der Waals surface area contributed by atoms with E-state index in [1.165, 1.54) is 7.11 Å². The van der Waals surface area contributed by atoms with Crippen molar-refractivity contribution in [1.82, 2.24) is 14.5 Å². The summed E-state index contributed by atoms with van der Waals surface area (Å²) in [5.41, 5.74) is 0. The van der Waals surface area contributed by atoms with E-state index in [0.717, 1.165) is 12.4 Å². The van der Waals surface area contributed by atoms with Gasteiger partial charge in [-0.1, -0.05) is 0 Å². The molecule has 0 amide bonds. The number of carbonyl (C=O) groups is 1. The number of carbonyl (C=O) groups excluding carboxylic acids is 1. The SMILES string of the molecule is COCCN(CCC(=O)OC)Cc1nccn1C. The molecule has 102 valence electrons. The lowest BCUT2D eigenvalue weighted by Gasteiger charge is -2.20. The molecule has 0 atom stereocenters. The number of imidazole rings is 1. The lowest BCUT2D eigenvalue weighted by Crippen LogP contribution is -2.30. The largest absolute Gasteiger partial charge is 0.469 e. The number of ether oxygens (including phenoxy) is 2. The summed E-state index contributed by atoms with van der Waals surface area (Å²) in [6.07, 6.45) is 4.05. The number of rotatable bonds is 8. The molecule has 0 N–H and O–H groups in total. The molecule has 18 heavy (non-hydrogen) atoms. The van der Waals surface area contributed by atoms with Gasteiger partial charge in [0.2, 0.25) is 0 Å². The van der Waals surface area contributed by atoms with Crippen molar-refractivity contribution < 1.29 is 14.3 Å². The first kappa shape index (κ1) is 14.7. The second kappa shape index (κ2) is 7.84. The molecular formula is C12H21N3O3. The van der Waals surface area contributed by atoms with E-state index in [0.29, 0.717) is 26.1 Å². The third-order valence-electron chi connectivity index (χ3n) is 2.76. The predicted octanol–water partition coefficient (Wildman–Crippen LogP) is 0.432. The van der Waals surface area contributed by atoms with E-state index in [2.05, 4.69) is 14.6 Å². The fraction of sp³-hybridized carbons (Fsp3) is 0.667. The Labute approximate surface area is 108 Å². The minimum atomic E-state index is -0.197. The normalized spacial score (nSPS) is 10.9. The van der Waals surface area contributed by atoms with Gasteiger partial charge >= 0.3 is 5.97 Å². The number of aromatic nitrogens is 2. The number of methoxy groups -OCH3 is 2. The highest BCUT2D eigenvalue weighted by molar-refractivity contribution is 5.69. The molecule has 6 heteroatoms. The summed E-state index contributed by atoms with van der Waals surface area (Å²) in [7, 11) is 5.02. The summed E-state index contributed by atoms with van der Waals surface area (Å²) >= 11 is 0. The highest BCUT2D eigenvalue weighted by Gasteiger charge is 2.11. The van der Waals surface area contributed by atoms with E-state index in [9.17, 15) is 4.79 Å². The molecule has 0 aliphatic heterocycles. The van der Waals surface area contributed by atoms with Crippen molar-refractivity contribution in [2.75, 3.05) is 33.9 Å². The van der Waals surface area contributed by atoms with Crippen LogP contribution in [0.4, 0.5) is 0 Å². The van der Waals surface area contributed by atoms with Gasteiger partial charge in [0.25, 0.3) is 0 Å².